The van der Waals surface area contributed by atoms with E-state index in [9.17, 15) is 4.79 Å². The van der Waals surface area contributed by atoms with Gasteiger partial charge in [0.2, 0.25) is 0 Å². The molecule has 0 rings (SSSR count). The van der Waals surface area contributed by atoms with E-state index in [2.05, 4.69) is 4.74 Å². The molecule has 9 heavy (non-hydrogen) atoms. The molecule has 0 atom stereocenters. The van der Waals surface area contributed by atoms with Crippen molar-refractivity contribution in [3.8, 4) is 0 Å². The third kappa shape index (κ3) is 5.83. The van der Waals surface area contributed by atoms with Crippen molar-refractivity contribution in [1.29, 1.82) is 0 Å². The smallest absolute Gasteiger partial charge is 0.308 e. The van der Waals surface area contributed by atoms with Gasteiger partial charge in [0.1, 0.15) is 0 Å². The normalized spacial score (nSPS) is 8.44. The third-order valence-corrected chi connectivity index (χ3v) is 0.758. The highest BCUT2D eigenvalue weighted by molar-refractivity contribution is 5.71. The molecule has 2 nitrogen and oxygen atoms in total. The SMILES string of the molecule is CCOC(=O)C(C)C.[Br-]. The highest BCUT2D eigenvalue weighted by Crippen LogP contribution is 1.93. The lowest BCUT2D eigenvalue weighted by Gasteiger charge is -2.01. The summed E-state index contributed by atoms with van der Waals surface area (Å²) in [4.78, 5) is 10.5. The van der Waals surface area contributed by atoms with Crippen molar-refractivity contribution in [3.63, 3.8) is 0 Å². The topological polar surface area (TPSA) is 26.3 Å². The molecule has 0 aromatic rings. The summed E-state index contributed by atoms with van der Waals surface area (Å²) in [5.41, 5.74) is 0. The molecule has 0 N–H and O–H groups in total. The molecule has 0 saturated heterocycles. The lowest BCUT2D eigenvalue weighted by atomic mass is 10.2. The average Bonchev–Trinajstić information content (AvgIpc) is 1.67. The van der Waals surface area contributed by atoms with Gasteiger partial charge in [-0.15, -0.1) is 0 Å². The van der Waals surface area contributed by atoms with Gasteiger partial charge in [0.05, 0.1) is 12.5 Å². The summed E-state index contributed by atoms with van der Waals surface area (Å²) in [5, 5.41) is 0. The van der Waals surface area contributed by atoms with Crippen molar-refractivity contribution in [2.75, 3.05) is 6.61 Å². The van der Waals surface area contributed by atoms with Crippen LogP contribution < -0.4 is 17.0 Å². The van der Waals surface area contributed by atoms with Gasteiger partial charge >= 0.3 is 5.97 Å². The zero-order chi connectivity index (χ0) is 6.57. The van der Waals surface area contributed by atoms with E-state index < -0.39 is 0 Å². The Morgan fingerprint density at radius 2 is 2.00 bits per heavy atom. The predicted molar refractivity (Wildman–Crippen MR) is 31.5 cm³/mol. The zero-order valence-corrected chi connectivity index (χ0v) is 7.56. The van der Waals surface area contributed by atoms with E-state index in [0.29, 0.717) is 6.61 Å². The molecule has 0 saturated carbocycles. The largest absolute Gasteiger partial charge is 1.00 e. The molecule has 3 heteroatoms. The average molecular weight is 196 g/mol. The minimum atomic E-state index is -0.118. The fraction of sp³-hybridized carbons (Fsp3) is 0.833. The second kappa shape index (κ2) is 6.08. The van der Waals surface area contributed by atoms with Crippen LogP contribution in [0.4, 0.5) is 0 Å². The summed E-state index contributed by atoms with van der Waals surface area (Å²) >= 11 is 0. The first-order chi connectivity index (χ1) is 3.68. The summed E-state index contributed by atoms with van der Waals surface area (Å²) in [5.74, 6) is -0.109. The van der Waals surface area contributed by atoms with Crippen LogP contribution in [0.15, 0.2) is 0 Å². The Hall–Kier alpha value is -0.0500. The van der Waals surface area contributed by atoms with E-state index in [1.165, 1.54) is 0 Å². The second-order valence-electron chi connectivity index (χ2n) is 1.91. The van der Waals surface area contributed by atoms with Gasteiger partial charge in [-0.3, -0.25) is 4.79 Å². The van der Waals surface area contributed by atoms with E-state index >= 15 is 0 Å². The first kappa shape index (κ1) is 11.7. The van der Waals surface area contributed by atoms with Crippen molar-refractivity contribution >= 4 is 5.97 Å². The molecule has 0 unspecified atom stereocenters. The maximum Gasteiger partial charge on any atom is 0.308 e. The molecule has 56 valence electrons. The summed E-state index contributed by atoms with van der Waals surface area (Å²) < 4.78 is 4.66. The molecule has 0 aliphatic rings. The lowest BCUT2D eigenvalue weighted by Crippen LogP contribution is -3.00. The molecule has 0 amide bonds. The van der Waals surface area contributed by atoms with E-state index in [0.717, 1.165) is 0 Å². The number of hydrogen-bond donors (Lipinski definition) is 0. The lowest BCUT2D eigenvalue weighted by molar-refractivity contribution is -0.146. The number of carbonyl (C=O) groups excluding carboxylic acids is 1. The number of hydrogen-bond acceptors (Lipinski definition) is 2. The molecular weight excluding hydrogens is 184 g/mol. The van der Waals surface area contributed by atoms with Crippen LogP contribution in [0, 0.1) is 5.92 Å². The molecule has 0 aromatic carbocycles. The summed E-state index contributed by atoms with van der Waals surface area (Å²) in [6.45, 7) is 5.92. The van der Waals surface area contributed by atoms with Gasteiger partial charge in [-0.2, -0.15) is 0 Å². The number of carbonyl (C=O) groups is 1. The molecule has 0 heterocycles. The van der Waals surface area contributed by atoms with Gasteiger partial charge in [-0.25, -0.2) is 0 Å². The standard InChI is InChI=1S/C6H12O2.BrH/c1-4-8-6(7)5(2)3;/h5H,4H2,1-3H3;1H/p-1. The fourth-order valence-electron chi connectivity index (χ4n) is 0.309. The minimum absolute atomic E-state index is 0. The molecule has 0 radical (unpaired) electrons. The predicted octanol–water partition coefficient (Wildman–Crippen LogP) is -1.79. The molecule has 0 aromatic heterocycles. The molecule has 0 fully saturated rings. The van der Waals surface area contributed by atoms with Crippen molar-refractivity contribution in [1.82, 2.24) is 0 Å². The van der Waals surface area contributed by atoms with Crippen molar-refractivity contribution < 1.29 is 26.5 Å². The van der Waals surface area contributed by atoms with Gasteiger partial charge in [-0.05, 0) is 6.92 Å². The van der Waals surface area contributed by atoms with Crippen LogP contribution in [-0.2, 0) is 9.53 Å². The number of esters is 1. The van der Waals surface area contributed by atoms with E-state index in [1.54, 1.807) is 6.92 Å². The van der Waals surface area contributed by atoms with Crippen LogP contribution in [-0.4, -0.2) is 12.6 Å². The molecule has 0 bridgehead atoms. The number of ether oxygens (including phenoxy) is 1. The Morgan fingerprint density at radius 3 is 2.11 bits per heavy atom. The van der Waals surface area contributed by atoms with E-state index in [4.69, 9.17) is 0 Å². The number of rotatable bonds is 2. The van der Waals surface area contributed by atoms with Crippen LogP contribution >= 0.6 is 0 Å². The van der Waals surface area contributed by atoms with Gasteiger partial charge in [0.15, 0.2) is 0 Å². The monoisotopic (exact) mass is 195 g/mol. The third-order valence-electron chi connectivity index (χ3n) is 0.758. The fourth-order valence-corrected chi connectivity index (χ4v) is 0.309. The zero-order valence-electron chi connectivity index (χ0n) is 5.98. The van der Waals surface area contributed by atoms with Crippen molar-refractivity contribution in [2.24, 2.45) is 5.92 Å². The molecule has 0 aliphatic heterocycles. The highest BCUT2D eigenvalue weighted by atomic mass is 79.9. The van der Waals surface area contributed by atoms with Crippen molar-refractivity contribution in [2.45, 2.75) is 20.8 Å². The Labute approximate surface area is 66.4 Å². The summed E-state index contributed by atoms with van der Waals surface area (Å²) in [6.07, 6.45) is 0. The van der Waals surface area contributed by atoms with Crippen LogP contribution in [0.2, 0.25) is 0 Å². The molecule has 0 aliphatic carbocycles. The molecular formula is C6H12BrO2-. The van der Waals surface area contributed by atoms with Gasteiger partial charge in [0.25, 0.3) is 0 Å². The molecule has 0 spiro atoms. The van der Waals surface area contributed by atoms with Crippen LogP contribution in [0.3, 0.4) is 0 Å². The van der Waals surface area contributed by atoms with Gasteiger partial charge < -0.3 is 21.7 Å². The van der Waals surface area contributed by atoms with E-state index in [1.807, 2.05) is 13.8 Å². The second-order valence-corrected chi connectivity index (χ2v) is 1.91. The Balaban J connectivity index is 0. The maximum absolute atomic E-state index is 10.5. The quantitative estimate of drug-likeness (QED) is 0.487. The number of halogens is 1. The van der Waals surface area contributed by atoms with E-state index in [-0.39, 0.29) is 28.9 Å². The Kier molecular flexibility index (Phi) is 7.91. The Bertz CT molecular complexity index is 81.1. The Morgan fingerprint density at radius 1 is 1.56 bits per heavy atom. The summed E-state index contributed by atoms with van der Waals surface area (Å²) in [7, 11) is 0. The van der Waals surface area contributed by atoms with Gasteiger partial charge in [-0.1, -0.05) is 13.8 Å². The van der Waals surface area contributed by atoms with Crippen LogP contribution in [0.1, 0.15) is 20.8 Å². The maximum atomic E-state index is 10.5. The first-order valence-corrected chi connectivity index (χ1v) is 2.85. The van der Waals surface area contributed by atoms with Crippen LogP contribution in [0.25, 0.3) is 0 Å². The highest BCUT2D eigenvalue weighted by Gasteiger charge is 2.04. The first-order valence-electron chi connectivity index (χ1n) is 2.85. The summed E-state index contributed by atoms with van der Waals surface area (Å²) in [6, 6.07) is 0. The minimum Gasteiger partial charge on any atom is -1.00 e. The van der Waals surface area contributed by atoms with Crippen molar-refractivity contribution in [3.05, 3.63) is 0 Å². The van der Waals surface area contributed by atoms with Crippen LogP contribution in [0.5, 0.6) is 0 Å². The van der Waals surface area contributed by atoms with Gasteiger partial charge in [0, 0.05) is 0 Å².